The van der Waals surface area contributed by atoms with Crippen LogP contribution in [0.4, 0.5) is 0 Å². The Balaban J connectivity index is 1.85. The molecule has 2 atom stereocenters. The minimum atomic E-state index is 0.275. The van der Waals surface area contributed by atoms with E-state index in [-0.39, 0.29) is 6.04 Å². The molecular formula is C15H19N3O2S. The molecule has 0 radical (unpaired) electrons. The third-order valence-corrected chi connectivity index (χ3v) is 4.77. The molecule has 1 aromatic heterocycles. The van der Waals surface area contributed by atoms with Crippen LogP contribution >= 0.6 is 11.8 Å². The van der Waals surface area contributed by atoms with E-state index in [4.69, 9.17) is 9.15 Å². The molecule has 0 amide bonds. The highest BCUT2D eigenvalue weighted by atomic mass is 32.2. The summed E-state index contributed by atoms with van der Waals surface area (Å²) in [5.74, 6) is 1.51. The van der Waals surface area contributed by atoms with Gasteiger partial charge in [-0.25, -0.2) is 0 Å². The molecule has 1 N–H and O–H groups in total. The smallest absolute Gasteiger partial charge is 0.276 e. The summed E-state index contributed by atoms with van der Waals surface area (Å²) in [6.07, 6.45) is 0.989. The van der Waals surface area contributed by atoms with Gasteiger partial charge in [0.05, 0.1) is 7.11 Å². The zero-order valence-electron chi connectivity index (χ0n) is 12.4. The second-order valence-corrected chi connectivity index (χ2v) is 6.24. The lowest BCUT2D eigenvalue weighted by Crippen LogP contribution is -2.26. The molecule has 5 nitrogen and oxygen atoms in total. The highest BCUT2D eigenvalue weighted by molar-refractivity contribution is 7.99. The van der Waals surface area contributed by atoms with Crippen molar-refractivity contribution in [1.82, 2.24) is 15.5 Å². The quantitative estimate of drug-likeness (QED) is 0.916. The molecule has 2 aromatic rings. The second-order valence-electron chi connectivity index (χ2n) is 5.05. The van der Waals surface area contributed by atoms with Crippen LogP contribution in [-0.2, 0) is 6.42 Å². The van der Waals surface area contributed by atoms with E-state index in [9.17, 15) is 0 Å². The molecule has 1 aliphatic rings. The summed E-state index contributed by atoms with van der Waals surface area (Å²) in [7, 11) is 1.70. The number of thioether (sulfide) groups is 1. The maximum Gasteiger partial charge on any atom is 0.276 e. The molecule has 0 aliphatic heterocycles. The minimum absolute atomic E-state index is 0.275. The lowest BCUT2D eigenvalue weighted by Gasteiger charge is -2.19. The van der Waals surface area contributed by atoms with Crippen LogP contribution < -0.4 is 10.1 Å². The van der Waals surface area contributed by atoms with Gasteiger partial charge in [0.25, 0.3) is 5.22 Å². The van der Waals surface area contributed by atoms with Crippen LogP contribution in [0.5, 0.6) is 5.75 Å². The zero-order chi connectivity index (χ0) is 14.8. The average Bonchev–Trinajstić information content (AvgIpc) is 3.04. The van der Waals surface area contributed by atoms with Crippen molar-refractivity contribution in [1.29, 1.82) is 0 Å². The Morgan fingerprint density at radius 2 is 2.29 bits per heavy atom. The number of rotatable bonds is 5. The van der Waals surface area contributed by atoms with Crippen LogP contribution in [0.25, 0.3) is 0 Å². The van der Waals surface area contributed by atoms with Gasteiger partial charge < -0.3 is 14.5 Å². The molecule has 0 bridgehead atoms. The van der Waals surface area contributed by atoms with Gasteiger partial charge in [0.2, 0.25) is 5.89 Å². The van der Waals surface area contributed by atoms with Crippen molar-refractivity contribution in [2.45, 2.75) is 36.8 Å². The number of hydrogen-bond donors (Lipinski definition) is 1. The van der Waals surface area contributed by atoms with Gasteiger partial charge in [-0.2, -0.15) is 0 Å². The zero-order valence-corrected chi connectivity index (χ0v) is 13.2. The molecule has 1 aromatic carbocycles. The molecule has 1 heterocycles. The van der Waals surface area contributed by atoms with Crippen molar-refractivity contribution >= 4 is 11.8 Å². The minimum Gasteiger partial charge on any atom is -0.497 e. The van der Waals surface area contributed by atoms with E-state index in [0.29, 0.717) is 16.4 Å². The SMILES string of the molecule is CCNC1c2cc(OC)ccc2CC1Sc1nnc(C)o1. The van der Waals surface area contributed by atoms with Gasteiger partial charge in [-0.15, -0.1) is 10.2 Å². The Morgan fingerprint density at radius 1 is 1.43 bits per heavy atom. The van der Waals surface area contributed by atoms with E-state index < -0.39 is 0 Å². The van der Waals surface area contributed by atoms with E-state index in [1.54, 1.807) is 18.9 Å². The molecule has 6 heteroatoms. The van der Waals surface area contributed by atoms with Gasteiger partial charge in [-0.1, -0.05) is 24.8 Å². The summed E-state index contributed by atoms with van der Waals surface area (Å²) in [4.78, 5) is 0. The predicted molar refractivity (Wildman–Crippen MR) is 81.8 cm³/mol. The first kappa shape index (κ1) is 14.4. The van der Waals surface area contributed by atoms with Gasteiger partial charge in [-0.05, 0) is 36.2 Å². The standard InChI is InChI=1S/C15H19N3O2S/c1-4-16-14-12-8-11(19-3)6-5-10(12)7-13(14)21-15-18-17-9(2)20-15/h5-6,8,13-14,16H,4,7H2,1-3H3. The number of ether oxygens (including phenoxy) is 1. The highest BCUT2D eigenvalue weighted by Crippen LogP contribution is 2.42. The van der Waals surface area contributed by atoms with Crippen LogP contribution in [0.3, 0.4) is 0 Å². The number of fused-ring (bicyclic) bond motifs is 1. The van der Waals surface area contributed by atoms with E-state index in [2.05, 4.69) is 34.6 Å². The number of nitrogens with one attached hydrogen (secondary N) is 1. The first-order chi connectivity index (χ1) is 10.2. The van der Waals surface area contributed by atoms with Crippen molar-refractivity contribution in [3.63, 3.8) is 0 Å². The van der Waals surface area contributed by atoms with E-state index in [1.807, 2.05) is 13.0 Å². The Hall–Kier alpha value is -1.53. The maximum atomic E-state index is 5.50. The molecule has 0 fully saturated rings. The molecule has 0 saturated heterocycles. The number of aryl methyl sites for hydroxylation is 1. The van der Waals surface area contributed by atoms with Crippen LogP contribution in [0, 0.1) is 6.92 Å². The monoisotopic (exact) mass is 305 g/mol. The Labute approximate surface area is 128 Å². The highest BCUT2D eigenvalue weighted by Gasteiger charge is 2.34. The Morgan fingerprint density at radius 3 is 2.95 bits per heavy atom. The molecule has 0 spiro atoms. The fraction of sp³-hybridized carbons (Fsp3) is 0.467. The topological polar surface area (TPSA) is 60.2 Å². The first-order valence-electron chi connectivity index (χ1n) is 7.08. The van der Waals surface area contributed by atoms with Gasteiger partial charge >= 0.3 is 0 Å². The summed E-state index contributed by atoms with van der Waals surface area (Å²) < 4.78 is 10.9. The number of nitrogens with zero attached hydrogens (tertiary/aromatic N) is 2. The van der Waals surface area contributed by atoms with Gasteiger partial charge in [0, 0.05) is 18.2 Å². The fourth-order valence-electron chi connectivity index (χ4n) is 2.74. The van der Waals surface area contributed by atoms with Crippen LogP contribution in [-0.4, -0.2) is 29.1 Å². The van der Waals surface area contributed by atoms with Crippen molar-refractivity contribution < 1.29 is 9.15 Å². The molecule has 112 valence electrons. The van der Waals surface area contributed by atoms with Gasteiger partial charge in [0.15, 0.2) is 0 Å². The average molecular weight is 305 g/mol. The lowest BCUT2D eigenvalue weighted by atomic mass is 10.1. The molecule has 0 saturated carbocycles. The summed E-state index contributed by atoms with van der Waals surface area (Å²) in [5, 5.41) is 12.5. The number of aromatic nitrogens is 2. The Kier molecular flexibility index (Phi) is 4.17. The first-order valence-corrected chi connectivity index (χ1v) is 7.96. The van der Waals surface area contributed by atoms with Crippen LogP contribution in [0.1, 0.15) is 30.0 Å². The molecule has 3 rings (SSSR count). The molecule has 1 aliphatic carbocycles. The van der Waals surface area contributed by atoms with Crippen LogP contribution in [0.2, 0.25) is 0 Å². The second kappa shape index (κ2) is 6.07. The fourth-order valence-corrected chi connectivity index (χ4v) is 3.89. The van der Waals surface area contributed by atoms with Gasteiger partial charge in [-0.3, -0.25) is 0 Å². The van der Waals surface area contributed by atoms with E-state index in [1.165, 1.54) is 11.1 Å². The Bertz CT molecular complexity index is 629. The van der Waals surface area contributed by atoms with E-state index in [0.717, 1.165) is 18.7 Å². The van der Waals surface area contributed by atoms with Crippen molar-refractivity contribution in [2.24, 2.45) is 0 Å². The molecule has 2 unspecified atom stereocenters. The summed E-state index contributed by atoms with van der Waals surface area (Å²) in [6, 6.07) is 6.57. The van der Waals surface area contributed by atoms with Crippen LogP contribution in [0.15, 0.2) is 27.8 Å². The van der Waals surface area contributed by atoms with Crippen molar-refractivity contribution in [3.05, 3.63) is 35.2 Å². The largest absolute Gasteiger partial charge is 0.497 e. The van der Waals surface area contributed by atoms with Crippen molar-refractivity contribution in [3.8, 4) is 5.75 Å². The summed E-state index contributed by atoms with van der Waals surface area (Å²) >= 11 is 1.65. The maximum absolute atomic E-state index is 5.50. The summed E-state index contributed by atoms with van der Waals surface area (Å²) in [5.41, 5.74) is 2.67. The van der Waals surface area contributed by atoms with E-state index >= 15 is 0 Å². The number of benzene rings is 1. The van der Waals surface area contributed by atoms with Gasteiger partial charge in [0.1, 0.15) is 5.75 Å². The molecule has 21 heavy (non-hydrogen) atoms. The predicted octanol–water partition coefficient (Wildman–Crippen LogP) is 2.75. The normalized spacial score (nSPS) is 20.5. The summed E-state index contributed by atoms with van der Waals surface area (Å²) in [6.45, 7) is 4.85. The number of methoxy groups -OCH3 is 1. The molecular weight excluding hydrogens is 286 g/mol. The third-order valence-electron chi connectivity index (χ3n) is 3.66. The lowest BCUT2D eigenvalue weighted by molar-refractivity contribution is 0.413. The number of hydrogen-bond acceptors (Lipinski definition) is 6. The third kappa shape index (κ3) is 2.91. The van der Waals surface area contributed by atoms with Crippen molar-refractivity contribution in [2.75, 3.05) is 13.7 Å².